The van der Waals surface area contributed by atoms with E-state index in [9.17, 15) is 18.8 Å². The lowest BCUT2D eigenvalue weighted by atomic mass is 10.1. The molecule has 0 aliphatic heterocycles. The first-order valence-corrected chi connectivity index (χ1v) is 8.76. The first-order valence-electron chi connectivity index (χ1n) is 8.38. The maximum atomic E-state index is 13.1. The van der Waals surface area contributed by atoms with Crippen molar-refractivity contribution in [1.29, 1.82) is 0 Å². The number of benzene rings is 2. The Morgan fingerprint density at radius 2 is 1.70 bits per heavy atom. The Morgan fingerprint density at radius 3 is 2.33 bits per heavy atom. The molecule has 0 saturated carbocycles. The third-order valence-corrected chi connectivity index (χ3v) is 4.39. The van der Waals surface area contributed by atoms with Gasteiger partial charge in [-0.2, -0.15) is 0 Å². The predicted molar refractivity (Wildman–Crippen MR) is 98.8 cm³/mol. The number of carbonyl (C=O) groups excluding carboxylic acids is 2. The van der Waals surface area contributed by atoms with Crippen molar-refractivity contribution in [3.8, 4) is 0 Å². The Hall–Kier alpha value is -2.73. The van der Waals surface area contributed by atoms with Crippen LogP contribution >= 0.6 is 11.6 Å². The van der Waals surface area contributed by atoms with Crippen molar-refractivity contribution in [1.82, 2.24) is 4.90 Å². The number of hydrogen-bond acceptors (Lipinski definition) is 3. The van der Waals surface area contributed by atoms with Crippen molar-refractivity contribution >= 4 is 29.3 Å². The number of carbonyl (C=O) groups is 3. The van der Waals surface area contributed by atoms with E-state index in [1.807, 2.05) is 18.2 Å². The number of rotatable bonds is 9. The standard InChI is InChI=1S/C20H19ClFNO4/c21-17-6-2-1-4-15(17)5-3-11-23(19(25)12-18(24)20(26)27)13-14-7-9-16(22)10-8-14/h1-2,4,6-10H,3,5,11-13H2,(H,26,27). The summed E-state index contributed by atoms with van der Waals surface area (Å²) >= 11 is 6.12. The van der Waals surface area contributed by atoms with Gasteiger partial charge in [-0.3, -0.25) is 9.59 Å². The van der Waals surface area contributed by atoms with Crippen LogP contribution in [0.25, 0.3) is 0 Å². The predicted octanol–water partition coefficient (Wildman–Crippen LogP) is 3.48. The van der Waals surface area contributed by atoms with Gasteiger partial charge in [0, 0.05) is 18.1 Å². The van der Waals surface area contributed by atoms with E-state index < -0.39 is 29.9 Å². The molecular formula is C20H19ClFNO4. The third kappa shape index (κ3) is 6.49. The van der Waals surface area contributed by atoms with Gasteiger partial charge in [0.15, 0.2) is 0 Å². The summed E-state index contributed by atoms with van der Waals surface area (Å²) in [6.45, 7) is 0.475. The van der Waals surface area contributed by atoms with E-state index in [0.29, 0.717) is 30.0 Å². The van der Waals surface area contributed by atoms with E-state index in [-0.39, 0.29) is 6.54 Å². The average Bonchev–Trinajstić information content (AvgIpc) is 2.63. The summed E-state index contributed by atoms with van der Waals surface area (Å²) < 4.78 is 13.1. The molecule has 0 saturated heterocycles. The monoisotopic (exact) mass is 391 g/mol. The number of halogens is 2. The highest BCUT2D eigenvalue weighted by atomic mass is 35.5. The van der Waals surface area contributed by atoms with Gasteiger partial charge in [0.2, 0.25) is 11.7 Å². The fourth-order valence-corrected chi connectivity index (χ4v) is 2.82. The van der Waals surface area contributed by atoms with Crippen LogP contribution in [0.3, 0.4) is 0 Å². The van der Waals surface area contributed by atoms with Crippen molar-refractivity contribution < 1.29 is 23.9 Å². The lowest BCUT2D eigenvalue weighted by Crippen LogP contribution is -2.34. The number of hydrogen-bond donors (Lipinski definition) is 1. The van der Waals surface area contributed by atoms with Crippen LogP contribution in [0.2, 0.25) is 5.02 Å². The van der Waals surface area contributed by atoms with Crippen LogP contribution in [0.15, 0.2) is 48.5 Å². The van der Waals surface area contributed by atoms with Crippen LogP contribution in [-0.2, 0) is 27.3 Å². The van der Waals surface area contributed by atoms with E-state index in [4.69, 9.17) is 16.7 Å². The Kier molecular flexibility index (Phi) is 7.49. The highest BCUT2D eigenvalue weighted by molar-refractivity contribution is 6.36. The van der Waals surface area contributed by atoms with Crippen molar-refractivity contribution in [3.63, 3.8) is 0 Å². The third-order valence-electron chi connectivity index (χ3n) is 4.02. The van der Waals surface area contributed by atoms with Gasteiger partial charge in [-0.1, -0.05) is 41.9 Å². The number of amides is 1. The van der Waals surface area contributed by atoms with Crippen molar-refractivity contribution in [2.45, 2.75) is 25.8 Å². The van der Waals surface area contributed by atoms with E-state index in [1.165, 1.54) is 17.0 Å². The minimum atomic E-state index is -1.64. The van der Waals surface area contributed by atoms with Crippen LogP contribution in [-0.4, -0.2) is 34.2 Å². The molecule has 0 heterocycles. The molecule has 142 valence electrons. The highest BCUT2D eigenvalue weighted by Gasteiger charge is 2.21. The molecule has 7 heteroatoms. The zero-order chi connectivity index (χ0) is 19.8. The molecule has 0 aliphatic rings. The maximum absolute atomic E-state index is 13.1. The van der Waals surface area contributed by atoms with E-state index >= 15 is 0 Å². The van der Waals surface area contributed by atoms with Gasteiger partial charge in [-0.15, -0.1) is 0 Å². The molecule has 1 N–H and O–H groups in total. The van der Waals surface area contributed by atoms with Crippen LogP contribution in [0.1, 0.15) is 24.0 Å². The number of nitrogens with zero attached hydrogens (tertiary/aromatic N) is 1. The molecule has 0 atom stereocenters. The second-order valence-corrected chi connectivity index (χ2v) is 6.45. The summed E-state index contributed by atoms with van der Waals surface area (Å²) in [5, 5.41) is 9.35. The second-order valence-electron chi connectivity index (χ2n) is 6.04. The first kappa shape index (κ1) is 20.6. The summed E-state index contributed by atoms with van der Waals surface area (Å²) in [4.78, 5) is 35.9. The topological polar surface area (TPSA) is 74.7 Å². The van der Waals surface area contributed by atoms with Gasteiger partial charge in [0.1, 0.15) is 5.82 Å². The Balaban J connectivity index is 2.04. The van der Waals surface area contributed by atoms with Gasteiger partial charge in [0.05, 0.1) is 6.42 Å². The van der Waals surface area contributed by atoms with Gasteiger partial charge in [-0.25, -0.2) is 9.18 Å². The number of ketones is 1. The fraction of sp³-hybridized carbons (Fsp3) is 0.250. The molecule has 0 aliphatic carbocycles. The molecule has 2 aromatic carbocycles. The molecule has 0 radical (unpaired) electrons. The molecule has 0 bridgehead atoms. The molecule has 2 aromatic rings. The molecule has 0 fully saturated rings. The van der Waals surface area contributed by atoms with Crippen molar-refractivity contribution in [3.05, 3.63) is 70.5 Å². The number of carboxylic acid groups (broad SMARTS) is 1. The lowest BCUT2D eigenvalue weighted by Gasteiger charge is -2.22. The minimum Gasteiger partial charge on any atom is -0.475 e. The Morgan fingerprint density at radius 1 is 1.04 bits per heavy atom. The SMILES string of the molecule is O=C(O)C(=O)CC(=O)N(CCCc1ccccc1Cl)Cc1ccc(F)cc1. The number of carboxylic acids is 1. The molecule has 27 heavy (non-hydrogen) atoms. The van der Waals surface area contributed by atoms with Gasteiger partial charge < -0.3 is 10.0 Å². The zero-order valence-electron chi connectivity index (χ0n) is 14.5. The summed E-state index contributed by atoms with van der Waals surface area (Å²) in [5.74, 6) is -3.77. The molecule has 1 amide bonds. The number of aryl methyl sites for hydroxylation is 1. The highest BCUT2D eigenvalue weighted by Crippen LogP contribution is 2.17. The molecule has 5 nitrogen and oxygen atoms in total. The quantitative estimate of drug-likeness (QED) is 0.524. The molecular weight excluding hydrogens is 373 g/mol. The van der Waals surface area contributed by atoms with Crippen LogP contribution in [0.4, 0.5) is 4.39 Å². The lowest BCUT2D eigenvalue weighted by molar-refractivity contribution is -0.151. The van der Waals surface area contributed by atoms with Crippen molar-refractivity contribution in [2.24, 2.45) is 0 Å². The number of aliphatic carboxylic acids is 1. The maximum Gasteiger partial charge on any atom is 0.372 e. The number of Topliss-reactive ketones (excluding diaryl/α,β-unsaturated/α-hetero) is 1. The minimum absolute atomic E-state index is 0.161. The van der Waals surface area contributed by atoms with Crippen molar-refractivity contribution in [2.75, 3.05) is 6.54 Å². The molecule has 2 rings (SSSR count). The second kappa shape index (κ2) is 9.83. The molecule has 0 unspecified atom stereocenters. The van der Waals surface area contributed by atoms with E-state index in [2.05, 4.69) is 0 Å². The van der Waals surface area contributed by atoms with Gasteiger partial charge in [0.25, 0.3) is 0 Å². The fourth-order valence-electron chi connectivity index (χ4n) is 2.59. The van der Waals surface area contributed by atoms with E-state index in [1.54, 1.807) is 18.2 Å². The van der Waals surface area contributed by atoms with Crippen LogP contribution in [0.5, 0.6) is 0 Å². The Labute approximate surface area is 161 Å². The van der Waals surface area contributed by atoms with Crippen LogP contribution < -0.4 is 0 Å². The van der Waals surface area contributed by atoms with E-state index in [0.717, 1.165) is 5.56 Å². The van der Waals surface area contributed by atoms with Gasteiger partial charge >= 0.3 is 5.97 Å². The average molecular weight is 392 g/mol. The van der Waals surface area contributed by atoms with Gasteiger partial charge in [-0.05, 0) is 42.2 Å². The summed E-state index contributed by atoms with van der Waals surface area (Å²) in [7, 11) is 0. The largest absolute Gasteiger partial charge is 0.475 e. The molecule has 0 aromatic heterocycles. The summed E-state index contributed by atoms with van der Waals surface area (Å²) in [6, 6.07) is 13.0. The summed E-state index contributed by atoms with van der Waals surface area (Å²) in [5.41, 5.74) is 1.63. The smallest absolute Gasteiger partial charge is 0.372 e. The first-order chi connectivity index (χ1) is 12.9. The van der Waals surface area contributed by atoms with Crippen LogP contribution in [0, 0.1) is 5.82 Å². The molecule has 0 spiro atoms. The summed E-state index contributed by atoms with van der Waals surface area (Å²) in [6.07, 6.45) is 0.500. The normalized spacial score (nSPS) is 10.4. The zero-order valence-corrected chi connectivity index (χ0v) is 15.3. The Bertz CT molecular complexity index is 823.